The number of carbonyl (C=O) groups is 2. The molecule has 0 bridgehead atoms. The fraction of sp³-hybridized carbons (Fsp3) is 0.964. The van der Waals surface area contributed by atoms with Gasteiger partial charge in [0.05, 0.1) is 13.2 Å². The number of aliphatic hydroxyl groups is 2. The molecule has 0 saturated carbocycles. The third kappa shape index (κ3) is 44.6. The van der Waals surface area contributed by atoms with E-state index in [4.69, 9.17) is 9.47 Å². The van der Waals surface area contributed by atoms with Gasteiger partial charge in [0.25, 0.3) is 0 Å². The lowest BCUT2D eigenvalue weighted by molar-refractivity contribution is -0.146. The number of aliphatic hydroxyl groups excluding tert-OH is 2. The summed E-state index contributed by atoms with van der Waals surface area (Å²) in [4.78, 5) is 30.5. The van der Waals surface area contributed by atoms with E-state index in [9.17, 15) is 19.8 Å². The van der Waals surface area contributed by atoms with Crippen molar-refractivity contribution in [2.24, 2.45) is 11.8 Å². The number of hydrogen-bond donors (Lipinski definition) is 2. The van der Waals surface area contributed by atoms with E-state index in [0.29, 0.717) is 37.9 Å². The molecule has 0 aliphatic heterocycles. The summed E-state index contributed by atoms with van der Waals surface area (Å²) in [5.41, 5.74) is 0. The molecule has 64 heavy (non-hydrogen) atoms. The van der Waals surface area contributed by atoms with Gasteiger partial charge >= 0.3 is 11.9 Å². The van der Waals surface area contributed by atoms with Crippen molar-refractivity contribution in [3.8, 4) is 0 Å². The molecule has 382 valence electrons. The maximum Gasteiger partial charge on any atom is 0.305 e. The Bertz CT molecular complexity index is 846. The van der Waals surface area contributed by atoms with Crippen LogP contribution >= 0.6 is 0 Å². The lowest BCUT2D eigenvalue weighted by atomic mass is 9.94. The van der Waals surface area contributed by atoms with E-state index in [-0.39, 0.29) is 25.2 Å². The number of unbranched alkanes of at least 4 members (excludes halogenated alkanes) is 24. The third-order valence-corrected chi connectivity index (χ3v) is 13.5. The van der Waals surface area contributed by atoms with Crippen molar-refractivity contribution in [3.63, 3.8) is 0 Å². The molecule has 0 heterocycles. The maximum absolute atomic E-state index is 12.8. The van der Waals surface area contributed by atoms with Crippen LogP contribution in [0.4, 0.5) is 0 Å². The zero-order valence-electron chi connectivity index (χ0n) is 43.5. The molecule has 0 radical (unpaired) electrons. The molecule has 0 atom stereocenters. The van der Waals surface area contributed by atoms with Crippen LogP contribution in [0.15, 0.2) is 0 Å². The molecule has 0 aliphatic carbocycles. The molecule has 0 amide bonds. The Balaban J connectivity index is 4.64. The number of hydrogen-bond acceptors (Lipinski definition) is 8. The van der Waals surface area contributed by atoms with Gasteiger partial charge in [0.2, 0.25) is 0 Å². The smallest absolute Gasteiger partial charge is 0.305 e. The van der Waals surface area contributed by atoms with Gasteiger partial charge < -0.3 is 29.5 Å². The maximum atomic E-state index is 12.8. The molecule has 8 heteroatoms. The third-order valence-electron chi connectivity index (χ3n) is 13.5. The van der Waals surface area contributed by atoms with Gasteiger partial charge in [-0.15, -0.1) is 0 Å². The summed E-state index contributed by atoms with van der Waals surface area (Å²) in [7, 11) is 0. The highest BCUT2D eigenvalue weighted by molar-refractivity contribution is 5.69. The fourth-order valence-corrected chi connectivity index (χ4v) is 9.15. The highest BCUT2D eigenvalue weighted by atomic mass is 16.5. The summed E-state index contributed by atoms with van der Waals surface area (Å²) in [6.07, 6.45) is 44.5. The Labute approximate surface area is 398 Å². The second-order valence-electron chi connectivity index (χ2n) is 19.8. The molecule has 0 unspecified atom stereocenters. The van der Waals surface area contributed by atoms with Gasteiger partial charge in [0, 0.05) is 52.2 Å². The van der Waals surface area contributed by atoms with Gasteiger partial charge in [-0.1, -0.05) is 195 Å². The molecular weight excluding hydrogens is 797 g/mol. The van der Waals surface area contributed by atoms with Crippen molar-refractivity contribution in [3.05, 3.63) is 0 Å². The van der Waals surface area contributed by atoms with Gasteiger partial charge in [-0.25, -0.2) is 0 Å². The van der Waals surface area contributed by atoms with E-state index < -0.39 is 0 Å². The average molecular weight is 910 g/mol. The summed E-state index contributed by atoms with van der Waals surface area (Å²) in [5.74, 6) is 0.944. The van der Waals surface area contributed by atoms with Gasteiger partial charge in [-0.3, -0.25) is 9.59 Å². The second kappa shape index (κ2) is 51.2. The average Bonchev–Trinajstić information content (AvgIpc) is 3.30. The molecule has 0 aromatic rings. The minimum absolute atomic E-state index is 0.0318. The molecule has 0 aliphatic rings. The van der Waals surface area contributed by atoms with Gasteiger partial charge in [0.15, 0.2) is 0 Å². The molecule has 0 fully saturated rings. The summed E-state index contributed by atoms with van der Waals surface area (Å²) < 4.78 is 11.7. The molecule has 0 rings (SSSR count). The number of esters is 2. The van der Waals surface area contributed by atoms with E-state index in [1.165, 1.54) is 180 Å². The van der Waals surface area contributed by atoms with Gasteiger partial charge in [0.1, 0.15) is 0 Å². The molecule has 0 saturated heterocycles. The Morgan fingerprint density at radius 2 is 0.609 bits per heavy atom. The van der Waals surface area contributed by atoms with Crippen molar-refractivity contribution >= 4 is 11.9 Å². The largest absolute Gasteiger partial charge is 0.465 e. The first-order chi connectivity index (χ1) is 31.4. The normalized spacial score (nSPS) is 11.8. The van der Waals surface area contributed by atoms with Crippen LogP contribution < -0.4 is 0 Å². The molecule has 0 aromatic heterocycles. The van der Waals surface area contributed by atoms with Crippen LogP contribution in [0.3, 0.4) is 0 Å². The standard InChI is InChI=1S/C56H112N2O6/c1-5-9-13-17-21-27-37-53(38-28-22-18-14-10-6-2)51-63-55(61)41-31-25-33-43-57(45-35-49-59)47-48-58(46-36-50-60)44-34-26-32-42-56(62)64-52-54(39-29-23-19-15-11-7-3)40-30-24-20-16-12-8-4/h53-54,59-60H,5-52H2,1-4H3. The van der Waals surface area contributed by atoms with Crippen LogP contribution in [0, 0.1) is 11.8 Å². The van der Waals surface area contributed by atoms with E-state index in [0.717, 1.165) is 90.6 Å². The van der Waals surface area contributed by atoms with Crippen molar-refractivity contribution < 1.29 is 29.3 Å². The van der Waals surface area contributed by atoms with Crippen LogP contribution in [0.25, 0.3) is 0 Å². The highest BCUT2D eigenvalue weighted by Gasteiger charge is 2.15. The van der Waals surface area contributed by atoms with Gasteiger partial charge in [-0.2, -0.15) is 0 Å². The number of carbonyl (C=O) groups excluding carboxylic acids is 2. The Kier molecular flexibility index (Phi) is 50.2. The summed E-state index contributed by atoms with van der Waals surface area (Å²) in [5, 5.41) is 19.2. The Morgan fingerprint density at radius 3 is 0.906 bits per heavy atom. The fourth-order valence-electron chi connectivity index (χ4n) is 9.15. The molecular formula is C56H112N2O6. The predicted molar refractivity (Wildman–Crippen MR) is 274 cm³/mol. The second-order valence-corrected chi connectivity index (χ2v) is 19.8. The van der Waals surface area contributed by atoms with Crippen LogP contribution in [0.5, 0.6) is 0 Å². The number of rotatable bonds is 53. The molecule has 0 aromatic carbocycles. The van der Waals surface area contributed by atoms with Gasteiger partial charge in [-0.05, 0) is 89.1 Å². The molecule has 0 spiro atoms. The lowest BCUT2D eigenvalue weighted by Gasteiger charge is -2.27. The summed E-state index contributed by atoms with van der Waals surface area (Å²) >= 11 is 0. The van der Waals surface area contributed by atoms with Crippen molar-refractivity contribution in [1.29, 1.82) is 0 Å². The SMILES string of the molecule is CCCCCCCCC(CCCCCCCC)COC(=O)CCCCCN(CCCO)CCN(CCCO)CCCCCC(=O)OCC(CCCCCCCC)CCCCCCCC. The zero-order valence-corrected chi connectivity index (χ0v) is 43.5. The van der Waals surface area contributed by atoms with Crippen molar-refractivity contribution in [2.75, 3.05) is 65.7 Å². The topological polar surface area (TPSA) is 99.5 Å². The van der Waals surface area contributed by atoms with Crippen molar-refractivity contribution in [2.45, 2.75) is 272 Å². The van der Waals surface area contributed by atoms with Crippen LogP contribution in [0.2, 0.25) is 0 Å². The first-order valence-electron chi connectivity index (χ1n) is 28.4. The first kappa shape index (κ1) is 62.8. The number of ether oxygens (including phenoxy) is 2. The van der Waals surface area contributed by atoms with Crippen LogP contribution in [0.1, 0.15) is 272 Å². The first-order valence-corrected chi connectivity index (χ1v) is 28.4. The lowest BCUT2D eigenvalue weighted by Crippen LogP contribution is -2.37. The number of nitrogens with zero attached hydrogens (tertiary/aromatic N) is 2. The predicted octanol–water partition coefficient (Wildman–Crippen LogP) is 14.8. The minimum Gasteiger partial charge on any atom is -0.465 e. The van der Waals surface area contributed by atoms with E-state index in [1.54, 1.807) is 0 Å². The molecule has 8 nitrogen and oxygen atoms in total. The van der Waals surface area contributed by atoms with Crippen LogP contribution in [-0.4, -0.2) is 97.6 Å². The van der Waals surface area contributed by atoms with E-state index >= 15 is 0 Å². The zero-order chi connectivity index (χ0) is 46.8. The highest BCUT2D eigenvalue weighted by Crippen LogP contribution is 2.22. The van der Waals surface area contributed by atoms with E-state index in [1.807, 2.05) is 0 Å². The van der Waals surface area contributed by atoms with E-state index in [2.05, 4.69) is 37.5 Å². The Hall–Kier alpha value is -1.22. The molecule has 2 N–H and O–H groups in total. The van der Waals surface area contributed by atoms with Crippen LogP contribution in [-0.2, 0) is 19.1 Å². The summed E-state index contributed by atoms with van der Waals surface area (Å²) in [6.45, 7) is 16.2. The monoisotopic (exact) mass is 909 g/mol. The van der Waals surface area contributed by atoms with Crippen molar-refractivity contribution in [1.82, 2.24) is 9.80 Å². The minimum atomic E-state index is -0.0318. The summed E-state index contributed by atoms with van der Waals surface area (Å²) in [6, 6.07) is 0. The quantitative estimate of drug-likeness (QED) is 0.0460. The Morgan fingerprint density at radius 1 is 0.344 bits per heavy atom.